The van der Waals surface area contributed by atoms with E-state index in [9.17, 15) is 8.42 Å². The van der Waals surface area contributed by atoms with Crippen LogP contribution in [-0.4, -0.2) is 22.6 Å². The molecule has 0 atom stereocenters. The predicted molar refractivity (Wildman–Crippen MR) is 82.6 cm³/mol. The molecule has 0 aliphatic rings. The van der Waals surface area contributed by atoms with Crippen molar-refractivity contribution >= 4 is 27.0 Å². The molecule has 0 aliphatic carbocycles. The van der Waals surface area contributed by atoms with Crippen LogP contribution in [-0.2, 0) is 16.6 Å². The minimum absolute atomic E-state index is 0.197. The van der Waals surface area contributed by atoms with Gasteiger partial charge in [-0.25, -0.2) is 8.42 Å². The third kappa shape index (κ3) is 3.46. The number of hydrogen-bond donors (Lipinski definition) is 2. The first-order chi connectivity index (χ1) is 10.00. The van der Waals surface area contributed by atoms with Crippen molar-refractivity contribution in [3.8, 4) is 11.5 Å². The van der Waals surface area contributed by atoms with Crippen molar-refractivity contribution in [1.82, 2.24) is 0 Å². The fraction of sp³-hybridized carbons (Fsp3) is 0.231. The molecule has 1 heterocycles. The van der Waals surface area contributed by atoms with Gasteiger partial charge in [0.2, 0.25) is 0 Å². The van der Waals surface area contributed by atoms with Crippen LogP contribution >= 0.6 is 11.3 Å². The molecule has 0 fully saturated rings. The van der Waals surface area contributed by atoms with E-state index in [2.05, 4.69) is 4.72 Å². The summed E-state index contributed by atoms with van der Waals surface area (Å²) < 4.78 is 37.3. The third-order valence-corrected chi connectivity index (χ3v) is 5.25. The topological polar surface area (TPSA) is 90.7 Å². The van der Waals surface area contributed by atoms with Crippen LogP contribution in [0.3, 0.4) is 0 Å². The van der Waals surface area contributed by atoms with E-state index < -0.39 is 10.0 Å². The van der Waals surface area contributed by atoms with Crippen molar-refractivity contribution in [3.05, 3.63) is 34.5 Å². The average molecular weight is 328 g/mol. The van der Waals surface area contributed by atoms with E-state index in [0.717, 1.165) is 4.88 Å². The Morgan fingerprint density at radius 2 is 1.90 bits per heavy atom. The zero-order valence-electron chi connectivity index (χ0n) is 11.6. The first-order valence-corrected chi connectivity index (χ1v) is 8.38. The fourth-order valence-electron chi connectivity index (χ4n) is 1.72. The smallest absolute Gasteiger partial charge is 0.262 e. The quantitative estimate of drug-likeness (QED) is 0.846. The molecule has 6 nitrogen and oxygen atoms in total. The number of rotatable bonds is 6. The second-order valence-corrected chi connectivity index (χ2v) is 6.81. The molecule has 114 valence electrons. The summed E-state index contributed by atoms with van der Waals surface area (Å²) in [6.07, 6.45) is 0. The minimum Gasteiger partial charge on any atom is -0.493 e. The summed E-state index contributed by atoms with van der Waals surface area (Å²) >= 11 is 1.31. The first-order valence-electron chi connectivity index (χ1n) is 6.02. The van der Waals surface area contributed by atoms with E-state index in [-0.39, 0.29) is 4.90 Å². The van der Waals surface area contributed by atoms with Crippen LogP contribution in [0, 0.1) is 0 Å². The molecule has 0 unspecified atom stereocenters. The van der Waals surface area contributed by atoms with Gasteiger partial charge in [-0.15, -0.1) is 11.3 Å². The lowest BCUT2D eigenvalue weighted by Gasteiger charge is -2.11. The maximum atomic E-state index is 12.3. The van der Waals surface area contributed by atoms with Gasteiger partial charge in [0.15, 0.2) is 11.5 Å². The minimum atomic E-state index is -3.64. The molecular formula is C13H16N2O4S2. The first kappa shape index (κ1) is 15.6. The Morgan fingerprint density at radius 1 is 1.19 bits per heavy atom. The van der Waals surface area contributed by atoms with Gasteiger partial charge in [0.05, 0.1) is 24.8 Å². The van der Waals surface area contributed by atoms with Gasteiger partial charge in [-0.2, -0.15) is 0 Å². The molecule has 8 heteroatoms. The van der Waals surface area contributed by atoms with E-state index in [1.165, 1.54) is 25.6 Å². The van der Waals surface area contributed by atoms with Gasteiger partial charge in [0, 0.05) is 22.9 Å². The van der Waals surface area contributed by atoms with Crippen LogP contribution in [0.2, 0.25) is 0 Å². The molecule has 0 saturated heterocycles. The molecule has 0 saturated carbocycles. The Hall–Kier alpha value is -1.77. The highest BCUT2D eigenvalue weighted by atomic mass is 32.2. The van der Waals surface area contributed by atoms with Crippen molar-refractivity contribution in [2.45, 2.75) is 11.4 Å². The lowest BCUT2D eigenvalue weighted by Crippen LogP contribution is -2.12. The number of anilines is 1. The average Bonchev–Trinajstić information content (AvgIpc) is 2.96. The summed E-state index contributed by atoms with van der Waals surface area (Å²) in [4.78, 5) is 1.01. The Bertz CT molecular complexity index is 726. The SMILES string of the molecule is COc1ccc(NS(=O)(=O)c2csc(CN)c2)cc1OC. The molecule has 1 aromatic carbocycles. The molecule has 0 bridgehead atoms. The highest BCUT2D eigenvalue weighted by molar-refractivity contribution is 7.92. The van der Waals surface area contributed by atoms with Crippen LogP contribution in [0.5, 0.6) is 11.5 Å². The van der Waals surface area contributed by atoms with Gasteiger partial charge < -0.3 is 15.2 Å². The monoisotopic (exact) mass is 328 g/mol. The van der Waals surface area contributed by atoms with Gasteiger partial charge in [-0.3, -0.25) is 4.72 Å². The van der Waals surface area contributed by atoms with Gasteiger partial charge >= 0.3 is 0 Å². The fourth-order valence-corrected chi connectivity index (χ4v) is 3.93. The molecule has 2 rings (SSSR count). The Morgan fingerprint density at radius 3 is 2.48 bits per heavy atom. The largest absolute Gasteiger partial charge is 0.493 e. The van der Waals surface area contributed by atoms with Crippen molar-refractivity contribution in [2.24, 2.45) is 5.73 Å². The summed E-state index contributed by atoms with van der Waals surface area (Å²) in [5.74, 6) is 0.979. The summed E-state index contributed by atoms with van der Waals surface area (Å²) in [6.45, 7) is 0.316. The van der Waals surface area contributed by atoms with Crippen LogP contribution in [0.4, 0.5) is 5.69 Å². The summed E-state index contributed by atoms with van der Waals surface area (Å²) in [5, 5.41) is 1.56. The molecule has 2 aromatic rings. The van der Waals surface area contributed by atoms with Crippen molar-refractivity contribution in [3.63, 3.8) is 0 Å². The van der Waals surface area contributed by atoms with E-state index in [4.69, 9.17) is 15.2 Å². The van der Waals surface area contributed by atoms with Crippen molar-refractivity contribution < 1.29 is 17.9 Å². The zero-order valence-corrected chi connectivity index (χ0v) is 13.3. The highest BCUT2D eigenvalue weighted by Crippen LogP contribution is 2.31. The van der Waals surface area contributed by atoms with Crippen molar-refractivity contribution in [2.75, 3.05) is 18.9 Å². The van der Waals surface area contributed by atoms with Gasteiger partial charge in [-0.05, 0) is 18.2 Å². The van der Waals surface area contributed by atoms with E-state index in [0.29, 0.717) is 23.7 Å². The second kappa shape index (κ2) is 6.33. The van der Waals surface area contributed by atoms with Gasteiger partial charge in [0.25, 0.3) is 10.0 Å². The highest BCUT2D eigenvalue weighted by Gasteiger charge is 2.17. The number of benzene rings is 1. The summed E-state index contributed by atoms with van der Waals surface area (Å²) in [6, 6.07) is 6.37. The lowest BCUT2D eigenvalue weighted by atomic mass is 10.3. The van der Waals surface area contributed by atoms with E-state index in [1.807, 2.05) is 0 Å². The predicted octanol–water partition coefficient (Wildman–Crippen LogP) is 2.02. The third-order valence-electron chi connectivity index (χ3n) is 2.78. The molecule has 0 amide bonds. The zero-order chi connectivity index (χ0) is 15.5. The van der Waals surface area contributed by atoms with E-state index >= 15 is 0 Å². The molecule has 0 spiro atoms. The molecule has 3 N–H and O–H groups in total. The van der Waals surface area contributed by atoms with Crippen molar-refractivity contribution in [1.29, 1.82) is 0 Å². The van der Waals surface area contributed by atoms with Gasteiger partial charge in [-0.1, -0.05) is 0 Å². The molecule has 0 radical (unpaired) electrons. The van der Waals surface area contributed by atoms with Crippen LogP contribution in [0.15, 0.2) is 34.5 Å². The van der Waals surface area contributed by atoms with E-state index in [1.54, 1.807) is 29.6 Å². The number of methoxy groups -OCH3 is 2. The second-order valence-electron chi connectivity index (χ2n) is 4.13. The van der Waals surface area contributed by atoms with Crippen LogP contribution in [0.1, 0.15) is 4.88 Å². The summed E-state index contributed by atoms with van der Waals surface area (Å²) in [5.41, 5.74) is 5.89. The number of nitrogens with two attached hydrogens (primary N) is 1. The maximum Gasteiger partial charge on any atom is 0.262 e. The summed E-state index contributed by atoms with van der Waals surface area (Å²) in [7, 11) is -0.635. The number of hydrogen-bond acceptors (Lipinski definition) is 6. The Balaban J connectivity index is 2.28. The van der Waals surface area contributed by atoms with Crippen LogP contribution < -0.4 is 19.9 Å². The number of sulfonamides is 1. The lowest BCUT2D eigenvalue weighted by molar-refractivity contribution is 0.355. The van der Waals surface area contributed by atoms with Crippen LogP contribution in [0.25, 0.3) is 0 Å². The number of thiophene rings is 1. The Kier molecular flexibility index (Phi) is 4.71. The molecule has 0 aliphatic heterocycles. The number of ether oxygens (including phenoxy) is 2. The molecule has 1 aromatic heterocycles. The molecule has 21 heavy (non-hydrogen) atoms. The van der Waals surface area contributed by atoms with Gasteiger partial charge in [0.1, 0.15) is 0 Å². The molecular weight excluding hydrogens is 312 g/mol. The Labute approximate surface area is 127 Å². The normalized spacial score (nSPS) is 11.2. The standard InChI is InChI=1S/C13H16N2O4S2/c1-18-12-4-3-9(5-13(12)19-2)15-21(16,17)11-6-10(7-14)20-8-11/h3-6,8,15H,7,14H2,1-2H3. The maximum absolute atomic E-state index is 12.3. The number of nitrogens with one attached hydrogen (secondary N) is 1.